The van der Waals surface area contributed by atoms with Crippen molar-refractivity contribution in [1.82, 2.24) is 9.55 Å². The van der Waals surface area contributed by atoms with Crippen molar-refractivity contribution < 1.29 is 13.9 Å². The number of methoxy groups -OCH3 is 1. The highest BCUT2D eigenvalue weighted by molar-refractivity contribution is 5.90. The number of carbonyl (C=O) groups excluding carboxylic acids is 1. The van der Waals surface area contributed by atoms with Crippen molar-refractivity contribution >= 4 is 17.5 Å². The van der Waals surface area contributed by atoms with Gasteiger partial charge in [0.15, 0.2) is 0 Å². The molecule has 2 heterocycles. The molecule has 0 saturated carbocycles. The molecule has 3 rings (SSSR count). The summed E-state index contributed by atoms with van der Waals surface area (Å²) in [5.74, 6) is -0.215. The van der Waals surface area contributed by atoms with E-state index in [9.17, 15) is 14.4 Å². The molecule has 1 aromatic carbocycles. The number of furan rings is 1. The number of nitrogens with one attached hydrogen (secondary N) is 1. The van der Waals surface area contributed by atoms with E-state index in [0.717, 1.165) is 5.56 Å². The molecular formula is C19H20N4O5. The summed E-state index contributed by atoms with van der Waals surface area (Å²) in [5, 5.41) is 0. The third-order valence-electron chi connectivity index (χ3n) is 4.31. The predicted octanol–water partition coefficient (Wildman–Crippen LogP) is 1.18. The maximum absolute atomic E-state index is 12.4. The quantitative estimate of drug-likeness (QED) is 0.612. The van der Waals surface area contributed by atoms with Crippen LogP contribution in [0, 0.1) is 0 Å². The van der Waals surface area contributed by atoms with E-state index < -0.39 is 17.2 Å². The van der Waals surface area contributed by atoms with Gasteiger partial charge in [-0.1, -0.05) is 30.3 Å². The lowest BCUT2D eigenvalue weighted by atomic mass is 10.2. The summed E-state index contributed by atoms with van der Waals surface area (Å²) in [4.78, 5) is 40.3. The molecule has 0 aliphatic heterocycles. The molecule has 3 N–H and O–H groups in total. The Kier molecular flexibility index (Phi) is 5.35. The minimum absolute atomic E-state index is 0.0197. The van der Waals surface area contributed by atoms with Gasteiger partial charge in [0, 0.05) is 7.05 Å². The zero-order chi connectivity index (χ0) is 20.3. The summed E-state index contributed by atoms with van der Waals surface area (Å²) in [6.07, 6.45) is 1.36. The number of hydrogen-bond donors (Lipinski definition) is 2. The zero-order valence-corrected chi connectivity index (χ0v) is 15.5. The molecule has 9 nitrogen and oxygen atoms in total. The Morgan fingerprint density at radius 3 is 2.64 bits per heavy atom. The predicted molar refractivity (Wildman–Crippen MR) is 103 cm³/mol. The molecule has 28 heavy (non-hydrogen) atoms. The molecule has 146 valence electrons. The summed E-state index contributed by atoms with van der Waals surface area (Å²) in [6, 6.07) is 10.8. The Bertz CT molecular complexity index is 1100. The van der Waals surface area contributed by atoms with Gasteiger partial charge in [0.1, 0.15) is 22.8 Å². The van der Waals surface area contributed by atoms with Crippen molar-refractivity contribution in [3.8, 4) is 0 Å². The van der Waals surface area contributed by atoms with Crippen molar-refractivity contribution in [2.24, 2.45) is 0 Å². The van der Waals surface area contributed by atoms with E-state index in [1.807, 2.05) is 30.3 Å². The highest BCUT2D eigenvalue weighted by atomic mass is 16.5. The molecular weight excluding hydrogens is 364 g/mol. The number of aromatic amines is 1. The molecule has 0 atom stereocenters. The summed E-state index contributed by atoms with van der Waals surface area (Å²) in [6.45, 7) is 0.283. The summed E-state index contributed by atoms with van der Waals surface area (Å²) < 4.78 is 11.3. The molecule has 3 aromatic rings. The van der Waals surface area contributed by atoms with Gasteiger partial charge in [-0.15, -0.1) is 0 Å². The minimum Gasteiger partial charge on any atom is -0.467 e. The summed E-state index contributed by atoms with van der Waals surface area (Å²) >= 11 is 0. The van der Waals surface area contributed by atoms with Crippen LogP contribution in [0.2, 0.25) is 0 Å². The SMILES string of the molecule is COC(=O)c1ccoc1CN(C)c1c(N)n(Cc2ccccc2)c(=O)[nH]c1=O. The summed E-state index contributed by atoms with van der Waals surface area (Å²) in [5.41, 5.74) is 6.15. The maximum Gasteiger partial charge on any atom is 0.341 e. The first-order valence-corrected chi connectivity index (χ1v) is 8.44. The Labute approximate surface area is 160 Å². The molecule has 0 bridgehead atoms. The van der Waals surface area contributed by atoms with Crippen molar-refractivity contribution in [2.75, 3.05) is 24.8 Å². The second kappa shape index (κ2) is 7.87. The van der Waals surface area contributed by atoms with Crippen molar-refractivity contribution in [3.05, 3.63) is 80.4 Å². The molecule has 0 amide bonds. The number of benzene rings is 1. The van der Waals surface area contributed by atoms with Crippen LogP contribution in [0.5, 0.6) is 0 Å². The number of esters is 1. The Morgan fingerprint density at radius 1 is 1.25 bits per heavy atom. The van der Waals surface area contributed by atoms with Crippen LogP contribution in [-0.4, -0.2) is 29.7 Å². The van der Waals surface area contributed by atoms with Gasteiger partial charge < -0.3 is 19.8 Å². The van der Waals surface area contributed by atoms with Crippen LogP contribution >= 0.6 is 0 Å². The molecule has 0 radical (unpaired) electrons. The van der Waals surface area contributed by atoms with Gasteiger partial charge in [-0.25, -0.2) is 9.59 Å². The van der Waals surface area contributed by atoms with Crippen LogP contribution in [0.1, 0.15) is 21.7 Å². The first-order valence-electron chi connectivity index (χ1n) is 8.44. The van der Waals surface area contributed by atoms with E-state index in [2.05, 4.69) is 4.98 Å². The third kappa shape index (κ3) is 3.68. The molecule has 0 saturated heterocycles. The fourth-order valence-electron chi connectivity index (χ4n) is 2.92. The van der Waals surface area contributed by atoms with Crippen LogP contribution in [0.4, 0.5) is 11.5 Å². The van der Waals surface area contributed by atoms with Gasteiger partial charge >= 0.3 is 11.7 Å². The van der Waals surface area contributed by atoms with Crippen molar-refractivity contribution in [1.29, 1.82) is 0 Å². The molecule has 9 heteroatoms. The maximum atomic E-state index is 12.4. The Balaban J connectivity index is 1.97. The normalized spacial score (nSPS) is 10.6. The number of aromatic nitrogens is 2. The number of nitrogen functional groups attached to an aromatic ring is 1. The van der Waals surface area contributed by atoms with E-state index in [0.29, 0.717) is 5.76 Å². The van der Waals surface area contributed by atoms with Gasteiger partial charge in [-0.3, -0.25) is 14.3 Å². The lowest BCUT2D eigenvalue weighted by molar-refractivity contribution is 0.0598. The van der Waals surface area contributed by atoms with Crippen LogP contribution in [0.15, 0.2) is 56.7 Å². The first-order chi connectivity index (χ1) is 13.4. The van der Waals surface area contributed by atoms with Gasteiger partial charge in [0.2, 0.25) is 0 Å². The fraction of sp³-hybridized carbons (Fsp3) is 0.211. The highest BCUT2D eigenvalue weighted by Crippen LogP contribution is 2.21. The first kappa shape index (κ1) is 19.0. The number of ether oxygens (including phenoxy) is 1. The number of nitrogens with two attached hydrogens (primary N) is 1. The van der Waals surface area contributed by atoms with Gasteiger partial charge in [-0.2, -0.15) is 0 Å². The molecule has 0 unspecified atom stereocenters. The van der Waals surface area contributed by atoms with Gasteiger partial charge in [-0.05, 0) is 11.6 Å². The minimum atomic E-state index is -0.625. The van der Waals surface area contributed by atoms with E-state index >= 15 is 0 Å². The smallest absolute Gasteiger partial charge is 0.341 e. The van der Waals surface area contributed by atoms with E-state index in [-0.39, 0.29) is 30.2 Å². The molecule has 2 aromatic heterocycles. The van der Waals surface area contributed by atoms with E-state index in [1.165, 1.54) is 28.9 Å². The lowest BCUT2D eigenvalue weighted by Gasteiger charge is -2.21. The molecule has 0 spiro atoms. The molecule has 0 aliphatic carbocycles. The third-order valence-corrected chi connectivity index (χ3v) is 4.31. The number of carbonyl (C=O) groups is 1. The number of anilines is 2. The second-order valence-corrected chi connectivity index (χ2v) is 6.17. The largest absolute Gasteiger partial charge is 0.467 e. The second-order valence-electron chi connectivity index (χ2n) is 6.17. The van der Waals surface area contributed by atoms with Crippen LogP contribution in [0.25, 0.3) is 0 Å². The van der Waals surface area contributed by atoms with Gasteiger partial charge in [0.25, 0.3) is 5.56 Å². The van der Waals surface area contributed by atoms with Gasteiger partial charge in [0.05, 0.1) is 26.5 Å². The van der Waals surface area contributed by atoms with Crippen molar-refractivity contribution in [2.45, 2.75) is 13.1 Å². The molecule has 0 fully saturated rings. The zero-order valence-electron chi connectivity index (χ0n) is 15.5. The average molecular weight is 384 g/mol. The topological polar surface area (TPSA) is 124 Å². The van der Waals surface area contributed by atoms with Crippen LogP contribution < -0.4 is 21.9 Å². The van der Waals surface area contributed by atoms with E-state index in [4.69, 9.17) is 14.9 Å². The van der Waals surface area contributed by atoms with E-state index in [1.54, 1.807) is 7.05 Å². The Morgan fingerprint density at radius 2 is 1.96 bits per heavy atom. The number of rotatable bonds is 6. The van der Waals surface area contributed by atoms with Crippen LogP contribution in [0.3, 0.4) is 0 Å². The number of hydrogen-bond acceptors (Lipinski definition) is 7. The number of H-pyrrole nitrogens is 1. The average Bonchev–Trinajstić information content (AvgIpc) is 3.13. The van der Waals surface area contributed by atoms with Crippen LogP contribution in [-0.2, 0) is 17.8 Å². The summed E-state index contributed by atoms with van der Waals surface area (Å²) in [7, 11) is 2.88. The highest BCUT2D eigenvalue weighted by Gasteiger charge is 2.21. The lowest BCUT2D eigenvalue weighted by Crippen LogP contribution is -2.37. The monoisotopic (exact) mass is 384 g/mol. The fourth-order valence-corrected chi connectivity index (χ4v) is 2.92. The molecule has 0 aliphatic rings. The Hall–Kier alpha value is -3.75. The number of nitrogens with zero attached hydrogens (tertiary/aromatic N) is 2. The van der Waals surface area contributed by atoms with Crippen molar-refractivity contribution in [3.63, 3.8) is 0 Å². The standard InChI is InChI=1S/C19H20N4O5/c1-22(11-14-13(8-9-28-14)18(25)27-2)15-16(20)23(19(26)21-17(15)24)10-12-6-4-3-5-7-12/h3-9H,10-11,20H2,1-2H3,(H,21,24,26).